The van der Waals surface area contributed by atoms with E-state index in [4.69, 9.17) is 5.11 Å². The number of hydrogen-bond donors (Lipinski definition) is 1. The molecule has 0 aromatic heterocycles. The monoisotopic (exact) mass is 305 g/mol. The standard InChI is InChI=1S/C18H27NO3/c1-13(2)12-16(20)19(11-10-17(21)22)15-8-6-14(7-9-15)18(3,4)5/h6-9,13H,10-12H2,1-5H3,(H,21,22). The molecule has 0 heterocycles. The molecule has 4 nitrogen and oxygen atoms in total. The Labute approximate surface area is 133 Å². The topological polar surface area (TPSA) is 57.6 Å². The molecule has 1 rings (SSSR count). The molecule has 0 radical (unpaired) electrons. The van der Waals surface area contributed by atoms with Crippen molar-refractivity contribution < 1.29 is 14.7 Å². The Morgan fingerprint density at radius 2 is 1.68 bits per heavy atom. The third kappa shape index (κ3) is 5.51. The molecule has 4 heteroatoms. The quantitative estimate of drug-likeness (QED) is 0.868. The van der Waals surface area contributed by atoms with Crippen molar-refractivity contribution in [2.45, 2.75) is 52.9 Å². The van der Waals surface area contributed by atoms with E-state index in [1.54, 1.807) is 4.90 Å². The Morgan fingerprint density at radius 3 is 2.09 bits per heavy atom. The Morgan fingerprint density at radius 1 is 1.14 bits per heavy atom. The summed E-state index contributed by atoms with van der Waals surface area (Å²) in [6.45, 7) is 10.6. The van der Waals surface area contributed by atoms with E-state index in [-0.39, 0.29) is 30.2 Å². The van der Waals surface area contributed by atoms with Gasteiger partial charge >= 0.3 is 5.97 Å². The lowest BCUT2D eigenvalue weighted by atomic mass is 9.87. The maximum Gasteiger partial charge on any atom is 0.305 e. The third-order valence-electron chi connectivity index (χ3n) is 3.48. The van der Waals surface area contributed by atoms with Crippen LogP contribution in [0, 0.1) is 5.92 Å². The zero-order valence-electron chi connectivity index (χ0n) is 14.2. The SMILES string of the molecule is CC(C)CC(=O)N(CCC(=O)O)c1ccc(C(C)(C)C)cc1. The number of benzene rings is 1. The number of nitrogens with zero attached hydrogens (tertiary/aromatic N) is 1. The largest absolute Gasteiger partial charge is 0.481 e. The normalized spacial score (nSPS) is 11.5. The van der Waals surface area contributed by atoms with Crippen LogP contribution in [0.5, 0.6) is 0 Å². The molecule has 1 aromatic rings. The highest BCUT2D eigenvalue weighted by Gasteiger charge is 2.19. The summed E-state index contributed by atoms with van der Waals surface area (Å²) in [4.78, 5) is 24.8. The second-order valence-corrected chi connectivity index (χ2v) is 7.08. The van der Waals surface area contributed by atoms with Crippen LogP contribution in [0.1, 0.15) is 53.0 Å². The van der Waals surface area contributed by atoms with Crippen LogP contribution in [-0.2, 0) is 15.0 Å². The van der Waals surface area contributed by atoms with E-state index in [1.807, 2.05) is 38.1 Å². The van der Waals surface area contributed by atoms with E-state index in [2.05, 4.69) is 20.8 Å². The van der Waals surface area contributed by atoms with Gasteiger partial charge in [-0.1, -0.05) is 46.8 Å². The molecule has 1 N–H and O–H groups in total. The number of rotatable bonds is 6. The molecule has 1 aromatic carbocycles. The van der Waals surface area contributed by atoms with Gasteiger partial charge in [0, 0.05) is 18.7 Å². The van der Waals surface area contributed by atoms with E-state index in [0.29, 0.717) is 6.42 Å². The van der Waals surface area contributed by atoms with E-state index in [9.17, 15) is 9.59 Å². The van der Waals surface area contributed by atoms with Gasteiger partial charge in [-0.05, 0) is 29.0 Å². The van der Waals surface area contributed by atoms with Crippen LogP contribution >= 0.6 is 0 Å². The third-order valence-corrected chi connectivity index (χ3v) is 3.48. The highest BCUT2D eigenvalue weighted by Crippen LogP contribution is 2.25. The fraction of sp³-hybridized carbons (Fsp3) is 0.556. The number of carboxylic acid groups (broad SMARTS) is 1. The number of anilines is 1. The number of amides is 1. The molecule has 0 saturated heterocycles. The minimum Gasteiger partial charge on any atom is -0.481 e. The summed E-state index contributed by atoms with van der Waals surface area (Å²) in [6, 6.07) is 7.82. The van der Waals surface area contributed by atoms with Gasteiger partial charge in [0.05, 0.1) is 6.42 Å². The van der Waals surface area contributed by atoms with Crippen molar-refractivity contribution in [2.75, 3.05) is 11.4 Å². The van der Waals surface area contributed by atoms with Gasteiger partial charge in [-0.15, -0.1) is 0 Å². The molecule has 0 aliphatic heterocycles. The predicted molar refractivity (Wildman–Crippen MR) is 89.2 cm³/mol. The van der Waals surface area contributed by atoms with Crippen molar-refractivity contribution in [3.05, 3.63) is 29.8 Å². The van der Waals surface area contributed by atoms with Crippen molar-refractivity contribution in [1.82, 2.24) is 0 Å². The van der Waals surface area contributed by atoms with Crippen LogP contribution in [-0.4, -0.2) is 23.5 Å². The van der Waals surface area contributed by atoms with Crippen LogP contribution in [0.15, 0.2) is 24.3 Å². The molecule has 0 spiro atoms. The van der Waals surface area contributed by atoms with Crippen molar-refractivity contribution in [2.24, 2.45) is 5.92 Å². The molecular weight excluding hydrogens is 278 g/mol. The van der Waals surface area contributed by atoms with Crippen molar-refractivity contribution in [1.29, 1.82) is 0 Å². The summed E-state index contributed by atoms with van der Waals surface area (Å²) < 4.78 is 0. The summed E-state index contributed by atoms with van der Waals surface area (Å²) in [5.41, 5.74) is 2.00. The average molecular weight is 305 g/mol. The molecule has 0 bridgehead atoms. The number of hydrogen-bond acceptors (Lipinski definition) is 2. The van der Waals surface area contributed by atoms with Gasteiger partial charge in [0.2, 0.25) is 5.91 Å². The Bertz CT molecular complexity index is 512. The van der Waals surface area contributed by atoms with Gasteiger partial charge in [-0.2, -0.15) is 0 Å². The van der Waals surface area contributed by atoms with Gasteiger partial charge in [0.15, 0.2) is 0 Å². The number of carboxylic acids is 1. The fourth-order valence-electron chi connectivity index (χ4n) is 2.21. The number of carbonyl (C=O) groups is 2. The van der Waals surface area contributed by atoms with Crippen LogP contribution in [0.25, 0.3) is 0 Å². The van der Waals surface area contributed by atoms with Gasteiger partial charge in [0.25, 0.3) is 0 Å². The zero-order chi connectivity index (χ0) is 16.9. The molecule has 0 unspecified atom stereocenters. The molecule has 1 amide bonds. The van der Waals surface area contributed by atoms with Gasteiger partial charge in [-0.3, -0.25) is 9.59 Å². The molecule has 0 aliphatic carbocycles. The maximum atomic E-state index is 12.4. The predicted octanol–water partition coefficient (Wildman–Crippen LogP) is 3.84. The molecule has 22 heavy (non-hydrogen) atoms. The molecule has 0 saturated carbocycles. The lowest BCUT2D eigenvalue weighted by Gasteiger charge is -2.25. The molecule has 0 fully saturated rings. The van der Waals surface area contributed by atoms with Gasteiger partial charge in [-0.25, -0.2) is 0 Å². The lowest BCUT2D eigenvalue weighted by Crippen LogP contribution is -2.33. The van der Waals surface area contributed by atoms with E-state index >= 15 is 0 Å². The average Bonchev–Trinajstić information content (AvgIpc) is 2.37. The molecule has 0 aliphatic rings. The molecule has 0 atom stereocenters. The first-order valence-corrected chi connectivity index (χ1v) is 7.74. The summed E-state index contributed by atoms with van der Waals surface area (Å²) in [7, 11) is 0. The first-order chi connectivity index (χ1) is 10.1. The van der Waals surface area contributed by atoms with Crippen LogP contribution in [0.4, 0.5) is 5.69 Å². The highest BCUT2D eigenvalue weighted by molar-refractivity contribution is 5.94. The van der Waals surface area contributed by atoms with Gasteiger partial charge < -0.3 is 10.0 Å². The Kier molecular flexibility index (Phi) is 6.15. The first-order valence-electron chi connectivity index (χ1n) is 7.74. The van der Waals surface area contributed by atoms with Crippen LogP contribution in [0.3, 0.4) is 0 Å². The summed E-state index contributed by atoms with van der Waals surface area (Å²) in [5.74, 6) is -0.679. The van der Waals surface area contributed by atoms with Crippen molar-refractivity contribution in [3.63, 3.8) is 0 Å². The number of aliphatic carboxylic acids is 1. The maximum absolute atomic E-state index is 12.4. The lowest BCUT2D eigenvalue weighted by molar-refractivity contribution is -0.136. The second-order valence-electron chi connectivity index (χ2n) is 7.08. The highest BCUT2D eigenvalue weighted by atomic mass is 16.4. The number of carbonyl (C=O) groups excluding carboxylic acids is 1. The first kappa shape index (κ1) is 18.2. The van der Waals surface area contributed by atoms with E-state index in [1.165, 1.54) is 5.56 Å². The smallest absolute Gasteiger partial charge is 0.305 e. The van der Waals surface area contributed by atoms with Crippen LogP contribution < -0.4 is 4.90 Å². The van der Waals surface area contributed by atoms with Crippen molar-refractivity contribution >= 4 is 17.6 Å². The Balaban J connectivity index is 2.99. The molecule has 122 valence electrons. The minimum absolute atomic E-state index is 0.0280. The Hall–Kier alpha value is -1.84. The molecular formula is C18H27NO3. The van der Waals surface area contributed by atoms with Crippen LogP contribution in [0.2, 0.25) is 0 Å². The van der Waals surface area contributed by atoms with E-state index < -0.39 is 5.97 Å². The zero-order valence-corrected chi connectivity index (χ0v) is 14.2. The minimum atomic E-state index is -0.895. The van der Waals surface area contributed by atoms with Crippen molar-refractivity contribution in [3.8, 4) is 0 Å². The second kappa shape index (κ2) is 7.43. The fourth-order valence-corrected chi connectivity index (χ4v) is 2.21. The van der Waals surface area contributed by atoms with Gasteiger partial charge in [0.1, 0.15) is 0 Å². The summed E-state index contributed by atoms with van der Waals surface area (Å²) in [6.07, 6.45) is 0.367. The summed E-state index contributed by atoms with van der Waals surface area (Å²) in [5, 5.41) is 8.89. The summed E-state index contributed by atoms with van der Waals surface area (Å²) >= 11 is 0. The van der Waals surface area contributed by atoms with E-state index in [0.717, 1.165) is 5.69 Å².